The number of carbonyl (C=O) groups is 1. The summed E-state index contributed by atoms with van der Waals surface area (Å²) in [5, 5.41) is 0. The SMILES string of the molecule is CC(=O)N1CCN(C)[C@H](C(C)C)C1. The van der Waals surface area contributed by atoms with E-state index in [1.165, 1.54) is 0 Å². The second-order valence-corrected chi connectivity index (χ2v) is 4.26. The lowest BCUT2D eigenvalue weighted by Gasteiger charge is -2.41. The Morgan fingerprint density at radius 3 is 2.46 bits per heavy atom. The molecule has 0 N–H and O–H groups in total. The molecule has 0 bridgehead atoms. The number of hydrogen-bond donors (Lipinski definition) is 0. The van der Waals surface area contributed by atoms with Crippen LogP contribution in [-0.2, 0) is 4.79 Å². The third-order valence-electron chi connectivity index (χ3n) is 2.91. The molecule has 0 aliphatic carbocycles. The number of amides is 1. The van der Waals surface area contributed by atoms with Crippen molar-refractivity contribution < 1.29 is 4.79 Å². The van der Waals surface area contributed by atoms with Gasteiger partial charge in [0, 0.05) is 32.6 Å². The maximum atomic E-state index is 11.2. The van der Waals surface area contributed by atoms with Crippen molar-refractivity contribution in [3.63, 3.8) is 0 Å². The minimum Gasteiger partial charge on any atom is -0.340 e. The first kappa shape index (κ1) is 10.5. The minimum absolute atomic E-state index is 0.207. The van der Waals surface area contributed by atoms with Crippen molar-refractivity contribution in [1.29, 1.82) is 0 Å². The van der Waals surface area contributed by atoms with E-state index < -0.39 is 0 Å². The Balaban J connectivity index is 2.58. The minimum atomic E-state index is 0.207. The summed E-state index contributed by atoms with van der Waals surface area (Å²) in [7, 11) is 2.14. The van der Waals surface area contributed by atoms with Crippen LogP contribution in [0.25, 0.3) is 0 Å². The molecule has 1 saturated heterocycles. The smallest absolute Gasteiger partial charge is 0.219 e. The average Bonchev–Trinajstić information content (AvgIpc) is 2.04. The van der Waals surface area contributed by atoms with Gasteiger partial charge in [0.15, 0.2) is 0 Å². The van der Waals surface area contributed by atoms with E-state index in [1.54, 1.807) is 6.92 Å². The van der Waals surface area contributed by atoms with E-state index in [9.17, 15) is 4.79 Å². The van der Waals surface area contributed by atoms with Gasteiger partial charge in [-0.2, -0.15) is 0 Å². The zero-order valence-electron chi connectivity index (χ0n) is 9.08. The van der Waals surface area contributed by atoms with Gasteiger partial charge in [-0.25, -0.2) is 0 Å². The Kier molecular flexibility index (Phi) is 3.31. The first-order valence-corrected chi connectivity index (χ1v) is 4.98. The molecule has 13 heavy (non-hydrogen) atoms. The van der Waals surface area contributed by atoms with Crippen molar-refractivity contribution in [1.82, 2.24) is 9.80 Å². The van der Waals surface area contributed by atoms with Gasteiger partial charge < -0.3 is 4.90 Å². The van der Waals surface area contributed by atoms with E-state index >= 15 is 0 Å². The van der Waals surface area contributed by atoms with Gasteiger partial charge in [0.2, 0.25) is 5.91 Å². The Morgan fingerprint density at radius 1 is 1.38 bits per heavy atom. The van der Waals surface area contributed by atoms with E-state index in [2.05, 4.69) is 25.8 Å². The number of carbonyl (C=O) groups excluding carboxylic acids is 1. The van der Waals surface area contributed by atoms with Gasteiger partial charge in [-0.05, 0) is 13.0 Å². The van der Waals surface area contributed by atoms with Crippen LogP contribution in [0.5, 0.6) is 0 Å². The Bertz CT molecular complexity index is 191. The zero-order valence-corrected chi connectivity index (χ0v) is 9.08. The highest BCUT2D eigenvalue weighted by Crippen LogP contribution is 2.15. The van der Waals surface area contributed by atoms with Crippen LogP contribution in [0, 0.1) is 5.92 Å². The molecule has 0 aromatic rings. The molecule has 3 nitrogen and oxygen atoms in total. The largest absolute Gasteiger partial charge is 0.340 e. The number of nitrogens with zero attached hydrogens (tertiary/aromatic N) is 2. The van der Waals surface area contributed by atoms with Gasteiger partial charge in [0.1, 0.15) is 0 Å². The number of rotatable bonds is 1. The van der Waals surface area contributed by atoms with E-state index in [1.807, 2.05) is 4.90 Å². The molecule has 1 atom stereocenters. The van der Waals surface area contributed by atoms with Gasteiger partial charge in [0.05, 0.1) is 0 Å². The molecule has 0 saturated carbocycles. The van der Waals surface area contributed by atoms with Crippen LogP contribution < -0.4 is 0 Å². The van der Waals surface area contributed by atoms with E-state index in [-0.39, 0.29) is 5.91 Å². The summed E-state index contributed by atoms with van der Waals surface area (Å²) < 4.78 is 0. The molecular weight excluding hydrogens is 164 g/mol. The second-order valence-electron chi connectivity index (χ2n) is 4.26. The lowest BCUT2D eigenvalue weighted by atomic mass is 10.0. The maximum Gasteiger partial charge on any atom is 0.219 e. The van der Waals surface area contributed by atoms with Crippen molar-refractivity contribution in [3.05, 3.63) is 0 Å². The maximum absolute atomic E-state index is 11.2. The summed E-state index contributed by atoms with van der Waals surface area (Å²) in [5.41, 5.74) is 0. The van der Waals surface area contributed by atoms with E-state index in [0.717, 1.165) is 19.6 Å². The lowest BCUT2D eigenvalue weighted by Crippen LogP contribution is -2.54. The molecule has 0 aromatic carbocycles. The number of hydrogen-bond acceptors (Lipinski definition) is 2. The quantitative estimate of drug-likeness (QED) is 0.602. The van der Waals surface area contributed by atoms with E-state index in [4.69, 9.17) is 0 Å². The third kappa shape index (κ3) is 2.44. The molecule has 3 heteroatoms. The molecule has 76 valence electrons. The van der Waals surface area contributed by atoms with Crippen LogP contribution >= 0.6 is 0 Å². The molecule has 0 unspecified atom stereocenters. The fourth-order valence-corrected chi connectivity index (χ4v) is 1.91. The van der Waals surface area contributed by atoms with Crippen LogP contribution in [-0.4, -0.2) is 48.4 Å². The van der Waals surface area contributed by atoms with Gasteiger partial charge in [-0.3, -0.25) is 9.69 Å². The second kappa shape index (κ2) is 4.09. The van der Waals surface area contributed by atoms with Crippen LogP contribution in [0.4, 0.5) is 0 Å². The highest BCUT2D eigenvalue weighted by atomic mass is 16.2. The first-order valence-electron chi connectivity index (χ1n) is 4.98. The molecule has 1 amide bonds. The lowest BCUT2D eigenvalue weighted by molar-refractivity contribution is -0.132. The van der Waals surface area contributed by atoms with Gasteiger partial charge >= 0.3 is 0 Å². The monoisotopic (exact) mass is 184 g/mol. The number of piperazine rings is 1. The van der Waals surface area contributed by atoms with Gasteiger partial charge in [-0.15, -0.1) is 0 Å². The summed E-state index contributed by atoms with van der Waals surface area (Å²) in [5.74, 6) is 0.825. The molecule has 1 rings (SSSR count). The van der Waals surface area contributed by atoms with Crippen LogP contribution in [0.2, 0.25) is 0 Å². The summed E-state index contributed by atoms with van der Waals surface area (Å²) in [4.78, 5) is 15.5. The van der Waals surface area contributed by atoms with E-state index in [0.29, 0.717) is 12.0 Å². The Morgan fingerprint density at radius 2 is 2.00 bits per heavy atom. The van der Waals surface area contributed by atoms with Crippen molar-refractivity contribution in [2.45, 2.75) is 26.8 Å². The Labute approximate surface area is 80.7 Å². The number of likely N-dealkylation sites (N-methyl/N-ethyl adjacent to an activating group) is 1. The summed E-state index contributed by atoms with van der Waals surface area (Å²) in [6.45, 7) is 8.86. The molecule has 1 fully saturated rings. The molecule has 1 heterocycles. The van der Waals surface area contributed by atoms with Crippen molar-refractivity contribution in [2.24, 2.45) is 5.92 Å². The molecule has 0 aromatic heterocycles. The summed E-state index contributed by atoms with van der Waals surface area (Å²) in [6, 6.07) is 0.526. The van der Waals surface area contributed by atoms with Gasteiger partial charge in [0.25, 0.3) is 0 Å². The fraction of sp³-hybridized carbons (Fsp3) is 0.900. The molecule has 0 radical (unpaired) electrons. The normalized spacial score (nSPS) is 25.3. The standard InChI is InChI=1S/C10H20N2O/c1-8(2)10-7-12(9(3)13)6-5-11(10)4/h8,10H,5-7H2,1-4H3/t10-/m0/s1. The zero-order chi connectivity index (χ0) is 10.0. The van der Waals surface area contributed by atoms with Crippen molar-refractivity contribution in [3.8, 4) is 0 Å². The predicted octanol–water partition coefficient (Wildman–Crippen LogP) is 0.805. The predicted molar refractivity (Wildman–Crippen MR) is 53.5 cm³/mol. The average molecular weight is 184 g/mol. The fourth-order valence-electron chi connectivity index (χ4n) is 1.91. The van der Waals surface area contributed by atoms with Crippen LogP contribution in [0.3, 0.4) is 0 Å². The highest BCUT2D eigenvalue weighted by Gasteiger charge is 2.27. The third-order valence-corrected chi connectivity index (χ3v) is 2.91. The van der Waals surface area contributed by atoms with Crippen molar-refractivity contribution >= 4 is 5.91 Å². The van der Waals surface area contributed by atoms with Crippen LogP contribution in [0.1, 0.15) is 20.8 Å². The molecular formula is C10H20N2O. The topological polar surface area (TPSA) is 23.6 Å². The summed E-state index contributed by atoms with van der Waals surface area (Å²) >= 11 is 0. The molecule has 1 aliphatic rings. The highest BCUT2D eigenvalue weighted by molar-refractivity contribution is 5.73. The first-order chi connectivity index (χ1) is 6.02. The van der Waals surface area contributed by atoms with Crippen molar-refractivity contribution in [2.75, 3.05) is 26.7 Å². The molecule has 0 spiro atoms. The molecule has 1 aliphatic heterocycles. The Hall–Kier alpha value is -0.570. The van der Waals surface area contributed by atoms with Crippen LogP contribution in [0.15, 0.2) is 0 Å². The van der Waals surface area contributed by atoms with Gasteiger partial charge in [-0.1, -0.05) is 13.8 Å². The summed E-state index contributed by atoms with van der Waals surface area (Å²) in [6.07, 6.45) is 0.